The molecule has 0 saturated carbocycles. The van der Waals surface area contributed by atoms with Crippen molar-refractivity contribution in [1.82, 2.24) is 0 Å². The van der Waals surface area contributed by atoms with Crippen LogP contribution in [0.3, 0.4) is 0 Å². The molecule has 0 radical (unpaired) electrons. The summed E-state index contributed by atoms with van der Waals surface area (Å²) in [6, 6.07) is 0. The van der Waals surface area contributed by atoms with Crippen LogP contribution < -0.4 is 0 Å². The van der Waals surface area contributed by atoms with Crippen LogP contribution >= 0.6 is 0 Å². The fourth-order valence-electron chi connectivity index (χ4n) is 1.96. The van der Waals surface area contributed by atoms with Gasteiger partial charge in [-0.1, -0.05) is 6.92 Å². The van der Waals surface area contributed by atoms with Crippen LogP contribution in [0.1, 0.15) is 47.0 Å². The van der Waals surface area contributed by atoms with Gasteiger partial charge in [-0.2, -0.15) is 0 Å². The second-order valence-electron chi connectivity index (χ2n) is 5.70. The van der Waals surface area contributed by atoms with Crippen LogP contribution in [-0.2, 0) is 19.1 Å². The number of cyclic esters (lactones) is 1. The number of ether oxygens (including phenoxy) is 2. The van der Waals surface area contributed by atoms with Gasteiger partial charge in [0.25, 0.3) is 0 Å². The van der Waals surface area contributed by atoms with Crippen molar-refractivity contribution in [3.8, 4) is 11.8 Å². The lowest BCUT2D eigenvalue weighted by atomic mass is 9.90. The molecule has 0 aliphatic carbocycles. The van der Waals surface area contributed by atoms with Crippen LogP contribution in [0.2, 0.25) is 0 Å². The smallest absolute Gasteiger partial charge is 0.310 e. The molecule has 0 aromatic rings. The van der Waals surface area contributed by atoms with Gasteiger partial charge in [-0.25, -0.2) is 0 Å². The standard InChI is InChI=1S/C15H22O4/c1-5-6-7-8-12-11(10-18-14(12)17)9-13(16)19-15(2,3)4/h11-12H,5,8-10H2,1-4H3/t11-,12+/m0/s1. The van der Waals surface area contributed by atoms with E-state index < -0.39 is 5.60 Å². The van der Waals surface area contributed by atoms with Gasteiger partial charge in [0.1, 0.15) is 5.60 Å². The predicted molar refractivity (Wildman–Crippen MR) is 71.1 cm³/mol. The largest absolute Gasteiger partial charge is 0.465 e. The van der Waals surface area contributed by atoms with Gasteiger partial charge in [-0.3, -0.25) is 9.59 Å². The molecule has 0 amide bonds. The molecule has 1 aliphatic rings. The maximum Gasteiger partial charge on any atom is 0.310 e. The molecule has 1 aliphatic heterocycles. The van der Waals surface area contributed by atoms with Gasteiger partial charge in [0.05, 0.1) is 18.9 Å². The summed E-state index contributed by atoms with van der Waals surface area (Å²) in [5.41, 5.74) is -0.502. The summed E-state index contributed by atoms with van der Waals surface area (Å²) in [5.74, 6) is 4.93. The first-order chi connectivity index (χ1) is 8.83. The average molecular weight is 266 g/mol. The molecule has 0 N–H and O–H groups in total. The minimum atomic E-state index is -0.502. The van der Waals surface area contributed by atoms with Crippen molar-refractivity contribution in [2.75, 3.05) is 6.61 Å². The van der Waals surface area contributed by atoms with E-state index in [1.165, 1.54) is 0 Å². The van der Waals surface area contributed by atoms with E-state index in [4.69, 9.17) is 9.47 Å². The number of hydrogen-bond donors (Lipinski definition) is 0. The number of rotatable bonds is 3. The van der Waals surface area contributed by atoms with E-state index in [1.807, 2.05) is 27.7 Å². The summed E-state index contributed by atoms with van der Waals surface area (Å²) in [7, 11) is 0. The first kappa shape index (κ1) is 15.6. The molecular formula is C15H22O4. The molecule has 1 saturated heterocycles. The maximum absolute atomic E-state index is 11.8. The van der Waals surface area contributed by atoms with Crippen LogP contribution in [0.5, 0.6) is 0 Å². The Bertz CT molecular complexity index is 395. The van der Waals surface area contributed by atoms with Gasteiger partial charge in [-0.15, -0.1) is 11.8 Å². The zero-order valence-corrected chi connectivity index (χ0v) is 12.1. The summed E-state index contributed by atoms with van der Waals surface area (Å²) in [6.07, 6.45) is 1.43. The average Bonchev–Trinajstić information content (AvgIpc) is 2.59. The second-order valence-corrected chi connectivity index (χ2v) is 5.70. The first-order valence-corrected chi connectivity index (χ1v) is 6.67. The molecule has 2 atom stereocenters. The van der Waals surface area contributed by atoms with Gasteiger partial charge in [0, 0.05) is 18.8 Å². The topological polar surface area (TPSA) is 52.6 Å². The Morgan fingerprint density at radius 3 is 2.68 bits per heavy atom. The van der Waals surface area contributed by atoms with E-state index in [2.05, 4.69) is 11.8 Å². The molecular weight excluding hydrogens is 244 g/mol. The molecule has 1 heterocycles. The number of hydrogen-bond acceptors (Lipinski definition) is 4. The third-order valence-electron chi connectivity index (χ3n) is 2.78. The van der Waals surface area contributed by atoms with Gasteiger partial charge >= 0.3 is 11.9 Å². The molecule has 4 nitrogen and oxygen atoms in total. The summed E-state index contributed by atoms with van der Waals surface area (Å²) in [5, 5.41) is 0. The molecule has 0 aromatic carbocycles. The van der Waals surface area contributed by atoms with Crippen molar-refractivity contribution < 1.29 is 19.1 Å². The molecule has 106 valence electrons. The fraction of sp³-hybridized carbons (Fsp3) is 0.733. The van der Waals surface area contributed by atoms with Crippen LogP contribution in [0.15, 0.2) is 0 Å². The highest BCUT2D eigenvalue weighted by molar-refractivity contribution is 5.77. The van der Waals surface area contributed by atoms with Crippen LogP contribution in [0.25, 0.3) is 0 Å². The maximum atomic E-state index is 11.8. The fourth-order valence-corrected chi connectivity index (χ4v) is 1.96. The van der Waals surface area contributed by atoms with E-state index in [1.54, 1.807) is 0 Å². The lowest BCUT2D eigenvalue weighted by Crippen LogP contribution is -2.27. The number of carbonyl (C=O) groups is 2. The van der Waals surface area contributed by atoms with Crippen LogP contribution in [0.4, 0.5) is 0 Å². The van der Waals surface area contributed by atoms with Crippen molar-refractivity contribution in [2.45, 2.75) is 52.6 Å². The van der Waals surface area contributed by atoms with Crippen molar-refractivity contribution in [3.05, 3.63) is 0 Å². The molecule has 1 rings (SSSR count). The zero-order valence-electron chi connectivity index (χ0n) is 12.1. The Hall–Kier alpha value is -1.50. The minimum absolute atomic E-state index is 0.117. The Kier molecular flexibility index (Phi) is 5.41. The van der Waals surface area contributed by atoms with Crippen molar-refractivity contribution >= 4 is 11.9 Å². The van der Waals surface area contributed by atoms with E-state index in [0.29, 0.717) is 6.42 Å². The van der Waals surface area contributed by atoms with E-state index in [-0.39, 0.29) is 36.8 Å². The second kappa shape index (κ2) is 6.60. The van der Waals surface area contributed by atoms with E-state index in [9.17, 15) is 9.59 Å². The third kappa shape index (κ3) is 5.34. The zero-order chi connectivity index (χ0) is 14.5. The van der Waals surface area contributed by atoms with Gasteiger partial charge in [-0.05, 0) is 20.8 Å². The van der Waals surface area contributed by atoms with Gasteiger partial charge < -0.3 is 9.47 Å². The number of esters is 2. The SMILES string of the molecule is CCC#CC[C@H]1C(=O)OC[C@@H]1CC(=O)OC(C)(C)C. The number of carbonyl (C=O) groups excluding carboxylic acids is 2. The summed E-state index contributed by atoms with van der Waals surface area (Å²) in [4.78, 5) is 23.4. The molecule has 0 unspecified atom stereocenters. The molecule has 0 bridgehead atoms. The Labute approximate surface area is 114 Å². The highest BCUT2D eigenvalue weighted by Crippen LogP contribution is 2.28. The summed E-state index contributed by atoms with van der Waals surface area (Å²) >= 11 is 0. The van der Waals surface area contributed by atoms with Crippen molar-refractivity contribution in [1.29, 1.82) is 0 Å². The van der Waals surface area contributed by atoms with Crippen LogP contribution in [0, 0.1) is 23.7 Å². The van der Waals surface area contributed by atoms with Crippen LogP contribution in [-0.4, -0.2) is 24.1 Å². The van der Waals surface area contributed by atoms with Crippen molar-refractivity contribution in [2.24, 2.45) is 11.8 Å². The van der Waals surface area contributed by atoms with Gasteiger partial charge in [0.2, 0.25) is 0 Å². The highest BCUT2D eigenvalue weighted by Gasteiger charge is 2.38. The first-order valence-electron chi connectivity index (χ1n) is 6.67. The third-order valence-corrected chi connectivity index (χ3v) is 2.78. The van der Waals surface area contributed by atoms with Gasteiger partial charge in [0.15, 0.2) is 0 Å². The molecule has 19 heavy (non-hydrogen) atoms. The van der Waals surface area contributed by atoms with Crippen molar-refractivity contribution in [3.63, 3.8) is 0 Å². The normalized spacial score (nSPS) is 22.4. The Balaban J connectivity index is 2.56. The quantitative estimate of drug-likeness (QED) is 0.581. The molecule has 1 fully saturated rings. The summed E-state index contributed by atoms with van der Waals surface area (Å²) in [6.45, 7) is 7.72. The van der Waals surface area contributed by atoms with E-state index >= 15 is 0 Å². The monoisotopic (exact) mass is 266 g/mol. The lowest BCUT2D eigenvalue weighted by Gasteiger charge is -2.21. The molecule has 0 aromatic heterocycles. The Morgan fingerprint density at radius 2 is 2.11 bits per heavy atom. The van der Waals surface area contributed by atoms with E-state index in [0.717, 1.165) is 6.42 Å². The predicted octanol–water partition coefficient (Wildman–Crippen LogP) is 2.31. The Morgan fingerprint density at radius 1 is 1.42 bits per heavy atom. The highest BCUT2D eigenvalue weighted by atomic mass is 16.6. The minimum Gasteiger partial charge on any atom is -0.465 e. The molecule has 0 spiro atoms. The summed E-state index contributed by atoms with van der Waals surface area (Å²) < 4.78 is 10.3. The molecule has 4 heteroatoms. The lowest BCUT2D eigenvalue weighted by molar-refractivity contribution is -0.156.